The van der Waals surface area contributed by atoms with Crippen LogP contribution in [0.3, 0.4) is 0 Å². The average molecular weight is 304 g/mol. The predicted molar refractivity (Wildman–Crippen MR) is 70.2 cm³/mol. The van der Waals surface area contributed by atoms with Gasteiger partial charge in [0.1, 0.15) is 0 Å². The monoisotopic (exact) mass is 303 g/mol. The van der Waals surface area contributed by atoms with Crippen molar-refractivity contribution in [3.63, 3.8) is 0 Å². The summed E-state index contributed by atoms with van der Waals surface area (Å²) in [6.45, 7) is 6.03. The number of halogens is 1. The number of aliphatic hydroxyl groups excluding tert-OH is 1. The number of aryl methyl sites for hydroxylation is 1. The molecule has 0 radical (unpaired) electrons. The SMILES string of the molecule is Cc1cc(Br)cn(C[C@@H](O)COC(C)C)c1=O. The van der Waals surface area contributed by atoms with Crippen molar-refractivity contribution in [1.29, 1.82) is 0 Å². The van der Waals surface area contributed by atoms with E-state index in [1.807, 2.05) is 13.8 Å². The molecule has 0 aliphatic heterocycles. The summed E-state index contributed by atoms with van der Waals surface area (Å²) in [4.78, 5) is 11.8. The summed E-state index contributed by atoms with van der Waals surface area (Å²) in [6, 6.07) is 1.76. The van der Waals surface area contributed by atoms with Crippen LogP contribution >= 0.6 is 15.9 Å². The standard InChI is InChI=1S/C12H18BrNO3/c1-8(2)17-7-11(15)6-14-5-10(13)4-9(3)12(14)16/h4-5,8,11,15H,6-7H2,1-3H3/t11-/m1/s1. The molecule has 4 nitrogen and oxygen atoms in total. The van der Waals surface area contributed by atoms with Crippen molar-refractivity contribution in [2.75, 3.05) is 6.61 Å². The maximum Gasteiger partial charge on any atom is 0.253 e. The first-order valence-corrected chi connectivity index (χ1v) is 6.35. The highest BCUT2D eigenvalue weighted by Crippen LogP contribution is 2.08. The number of pyridine rings is 1. The van der Waals surface area contributed by atoms with Gasteiger partial charge in [0.15, 0.2) is 0 Å². The van der Waals surface area contributed by atoms with Gasteiger partial charge in [-0.25, -0.2) is 0 Å². The van der Waals surface area contributed by atoms with Crippen LogP contribution in [0.15, 0.2) is 21.5 Å². The lowest BCUT2D eigenvalue weighted by Gasteiger charge is -2.15. The van der Waals surface area contributed by atoms with Crippen molar-refractivity contribution in [3.05, 3.63) is 32.7 Å². The highest BCUT2D eigenvalue weighted by Gasteiger charge is 2.09. The molecule has 5 heteroatoms. The summed E-state index contributed by atoms with van der Waals surface area (Å²) in [7, 11) is 0. The largest absolute Gasteiger partial charge is 0.389 e. The molecule has 0 spiro atoms. The van der Waals surface area contributed by atoms with Gasteiger partial charge in [0.25, 0.3) is 5.56 Å². The molecule has 17 heavy (non-hydrogen) atoms. The number of hydrogen-bond acceptors (Lipinski definition) is 3. The highest BCUT2D eigenvalue weighted by molar-refractivity contribution is 9.10. The molecule has 1 N–H and O–H groups in total. The third kappa shape index (κ3) is 4.61. The molecule has 0 aliphatic rings. The second-order valence-electron chi connectivity index (χ2n) is 4.33. The fourth-order valence-corrected chi connectivity index (χ4v) is 2.05. The maximum absolute atomic E-state index is 11.8. The van der Waals surface area contributed by atoms with Gasteiger partial charge < -0.3 is 14.4 Å². The van der Waals surface area contributed by atoms with E-state index in [1.54, 1.807) is 19.2 Å². The third-order valence-corrected chi connectivity index (χ3v) is 2.69. The van der Waals surface area contributed by atoms with Gasteiger partial charge in [0.05, 0.1) is 25.4 Å². The quantitative estimate of drug-likeness (QED) is 0.901. The molecule has 0 saturated heterocycles. The smallest absolute Gasteiger partial charge is 0.253 e. The van der Waals surface area contributed by atoms with E-state index in [0.29, 0.717) is 5.56 Å². The molecule has 0 aromatic carbocycles. The zero-order valence-corrected chi connectivity index (χ0v) is 11.9. The Labute approximate surface area is 109 Å². The van der Waals surface area contributed by atoms with Crippen LogP contribution in [0.4, 0.5) is 0 Å². The maximum atomic E-state index is 11.8. The Kier molecular flexibility index (Phi) is 5.36. The highest BCUT2D eigenvalue weighted by atomic mass is 79.9. The van der Waals surface area contributed by atoms with Crippen LogP contribution in [0.2, 0.25) is 0 Å². The molecule has 0 bridgehead atoms. The van der Waals surface area contributed by atoms with E-state index in [0.717, 1.165) is 4.47 Å². The van der Waals surface area contributed by atoms with E-state index in [-0.39, 0.29) is 24.8 Å². The van der Waals surface area contributed by atoms with Crippen molar-refractivity contribution < 1.29 is 9.84 Å². The van der Waals surface area contributed by atoms with Crippen LogP contribution in [0.25, 0.3) is 0 Å². The van der Waals surface area contributed by atoms with Crippen LogP contribution in [0.1, 0.15) is 19.4 Å². The molecule has 1 rings (SSSR count). The van der Waals surface area contributed by atoms with Gasteiger partial charge in [-0.05, 0) is 42.8 Å². The number of aliphatic hydroxyl groups is 1. The molecule has 96 valence electrons. The van der Waals surface area contributed by atoms with Gasteiger partial charge in [-0.2, -0.15) is 0 Å². The number of ether oxygens (including phenoxy) is 1. The number of hydrogen-bond donors (Lipinski definition) is 1. The van der Waals surface area contributed by atoms with Crippen molar-refractivity contribution >= 4 is 15.9 Å². The molecule has 0 amide bonds. The molecule has 1 atom stereocenters. The van der Waals surface area contributed by atoms with Gasteiger partial charge in [0.2, 0.25) is 0 Å². The van der Waals surface area contributed by atoms with Gasteiger partial charge in [-0.1, -0.05) is 0 Å². The molecule has 1 heterocycles. The van der Waals surface area contributed by atoms with E-state index in [4.69, 9.17) is 4.74 Å². The lowest BCUT2D eigenvalue weighted by molar-refractivity contribution is -0.00110. The summed E-state index contributed by atoms with van der Waals surface area (Å²) in [5.41, 5.74) is 0.563. The Morgan fingerprint density at radius 1 is 1.53 bits per heavy atom. The fourth-order valence-electron chi connectivity index (χ4n) is 1.46. The minimum atomic E-state index is -0.677. The second kappa shape index (κ2) is 6.33. The summed E-state index contributed by atoms with van der Waals surface area (Å²) in [5.74, 6) is 0. The van der Waals surface area contributed by atoms with Gasteiger partial charge in [-0.3, -0.25) is 4.79 Å². The second-order valence-corrected chi connectivity index (χ2v) is 5.25. The Balaban J connectivity index is 2.71. The van der Waals surface area contributed by atoms with Crippen LogP contribution in [0.5, 0.6) is 0 Å². The zero-order valence-electron chi connectivity index (χ0n) is 10.3. The lowest BCUT2D eigenvalue weighted by atomic mass is 10.3. The Morgan fingerprint density at radius 3 is 2.76 bits per heavy atom. The predicted octanol–water partition coefficient (Wildman–Crippen LogP) is 1.71. The minimum absolute atomic E-state index is 0.0746. The van der Waals surface area contributed by atoms with E-state index >= 15 is 0 Å². The van der Waals surface area contributed by atoms with Gasteiger partial charge in [-0.15, -0.1) is 0 Å². The van der Waals surface area contributed by atoms with E-state index in [1.165, 1.54) is 4.57 Å². The van der Waals surface area contributed by atoms with E-state index < -0.39 is 6.10 Å². The normalized spacial score (nSPS) is 13.1. The van der Waals surface area contributed by atoms with Crippen LogP contribution in [-0.4, -0.2) is 28.5 Å². The zero-order chi connectivity index (χ0) is 13.0. The topological polar surface area (TPSA) is 51.5 Å². The Hall–Kier alpha value is -0.650. The fraction of sp³-hybridized carbons (Fsp3) is 0.583. The molecular weight excluding hydrogens is 286 g/mol. The summed E-state index contributed by atoms with van der Waals surface area (Å²) in [6.07, 6.45) is 1.07. The summed E-state index contributed by atoms with van der Waals surface area (Å²) < 4.78 is 7.62. The first-order chi connectivity index (χ1) is 7.90. The third-order valence-electron chi connectivity index (χ3n) is 2.26. The van der Waals surface area contributed by atoms with E-state index in [2.05, 4.69) is 15.9 Å². The first-order valence-electron chi connectivity index (χ1n) is 5.56. The summed E-state index contributed by atoms with van der Waals surface area (Å²) in [5, 5.41) is 9.76. The molecule has 1 aromatic heterocycles. The van der Waals surface area contributed by atoms with Crippen LogP contribution in [0, 0.1) is 6.92 Å². The van der Waals surface area contributed by atoms with Gasteiger partial charge in [0, 0.05) is 16.2 Å². The van der Waals surface area contributed by atoms with Crippen molar-refractivity contribution in [1.82, 2.24) is 4.57 Å². The summed E-state index contributed by atoms with van der Waals surface area (Å²) >= 11 is 3.33. The molecule has 0 fully saturated rings. The minimum Gasteiger partial charge on any atom is -0.389 e. The molecular formula is C12H18BrNO3. The first kappa shape index (κ1) is 14.4. The van der Waals surface area contributed by atoms with E-state index in [9.17, 15) is 9.90 Å². The molecule has 0 aliphatic carbocycles. The molecule has 0 unspecified atom stereocenters. The van der Waals surface area contributed by atoms with Crippen molar-refractivity contribution in [3.8, 4) is 0 Å². The number of rotatable bonds is 5. The van der Waals surface area contributed by atoms with Crippen molar-refractivity contribution in [2.24, 2.45) is 0 Å². The van der Waals surface area contributed by atoms with Crippen LogP contribution < -0.4 is 5.56 Å². The van der Waals surface area contributed by atoms with Crippen molar-refractivity contribution in [2.45, 2.75) is 39.5 Å². The molecule has 1 aromatic rings. The number of nitrogens with zero attached hydrogens (tertiary/aromatic N) is 1. The van der Waals surface area contributed by atoms with Crippen LogP contribution in [-0.2, 0) is 11.3 Å². The Bertz CT molecular complexity index is 428. The van der Waals surface area contributed by atoms with Gasteiger partial charge >= 0.3 is 0 Å². The molecule has 0 saturated carbocycles. The average Bonchev–Trinajstić information content (AvgIpc) is 2.22. The Morgan fingerprint density at radius 2 is 2.18 bits per heavy atom. The lowest BCUT2D eigenvalue weighted by Crippen LogP contribution is -2.30. The number of aromatic nitrogens is 1.